The maximum absolute atomic E-state index is 12.2. The van der Waals surface area contributed by atoms with E-state index in [0.717, 1.165) is 10.5 Å². The van der Waals surface area contributed by atoms with Gasteiger partial charge in [0.15, 0.2) is 0 Å². The van der Waals surface area contributed by atoms with Gasteiger partial charge in [-0.05, 0) is 24.6 Å². The molecule has 0 fully saturated rings. The van der Waals surface area contributed by atoms with Crippen LogP contribution in [0.2, 0.25) is 0 Å². The van der Waals surface area contributed by atoms with Gasteiger partial charge in [0.05, 0.1) is 22.2 Å². The molecule has 0 amide bonds. The number of benzene rings is 1. The van der Waals surface area contributed by atoms with Crippen molar-refractivity contribution in [2.75, 3.05) is 5.73 Å². The summed E-state index contributed by atoms with van der Waals surface area (Å²) in [5, 5.41) is 7.73. The van der Waals surface area contributed by atoms with Crippen molar-refractivity contribution in [3.63, 3.8) is 0 Å². The van der Waals surface area contributed by atoms with Crippen molar-refractivity contribution in [2.24, 2.45) is 7.05 Å². The summed E-state index contributed by atoms with van der Waals surface area (Å²) in [7, 11) is 0.644. The first-order chi connectivity index (χ1) is 8.08. The number of rotatable bonds is 3. The molecule has 0 saturated heterocycles. The minimum atomic E-state index is -1.14. The van der Waals surface area contributed by atoms with Gasteiger partial charge in [-0.25, -0.2) is 0 Å². The average Bonchev–Trinajstić information content (AvgIpc) is 2.68. The fraction of sp³-hybridized carbons (Fsp3) is 0.273. The van der Waals surface area contributed by atoms with E-state index < -0.39 is 10.8 Å². The summed E-state index contributed by atoms with van der Waals surface area (Å²) in [5.74, 6) is 0.359. The molecule has 2 N–H and O–H groups in total. The van der Waals surface area contributed by atoms with Gasteiger partial charge in [-0.15, -0.1) is 5.10 Å². The fourth-order valence-corrected chi connectivity index (χ4v) is 2.80. The summed E-state index contributed by atoms with van der Waals surface area (Å²) in [5.41, 5.74) is 8.04. The highest BCUT2D eigenvalue weighted by Gasteiger charge is 2.11. The second-order valence-corrected chi connectivity index (χ2v) is 5.26. The molecule has 0 aliphatic carbocycles. The zero-order valence-electron chi connectivity index (χ0n) is 9.75. The number of hydrogen-bond donors (Lipinski definition) is 1. The number of nitrogen functional groups attached to an aromatic ring is 1. The zero-order valence-corrected chi connectivity index (χ0v) is 10.6. The summed E-state index contributed by atoms with van der Waals surface area (Å²) in [4.78, 5) is 0.760. The van der Waals surface area contributed by atoms with E-state index in [0.29, 0.717) is 17.1 Å². The minimum Gasteiger partial charge on any atom is -0.398 e. The van der Waals surface area contributed by atoms with Gasteiger partial charge in [0, 0.05) is 23.8 Å². The van der Waals surface area contributed by atoms with Crippen LogP contribution in [0.15, 0.2) is 29.3 Å². The third-order valence-corrected chi connectivity index (χ3v) is 3.99. The van der Waals surface area contributed by atoms with E-state index in [4.69, 9.17) is 5.73 Å². The smallest absolute Gasteiger partial charge is 0.0955 e. The molecule has 1 atom stereocenters. The van der Waals surface area contributed by atoms with Crippen LogP contribution >= 0.6 is 0 Å². The number of aryl methyl sites for hydroxylation is 1. The Morgan fingerprint density at radius 1 is 1.47 bits per heavy atom. The van der Waals surface area contributed by atoms with Crippen molar-refractivity contribution in [2.45, 2.75) is 17.6 Å². The molecule has 1 aromatic heterocycles. The van der Waals surface area contributed by atoms with Crippen LogP contribution in [0.4, 0.5) is 5.69 Å². The van der Waals surface area contributed by atoms with Gasteiger partial charge in [0.2, 0.25) is 0 Å². The maximum Gasteiger partial charge on any atom is 0.0955 e. The minimum absolute atomic E-state index is 0.359. The molecule has 0 aliphatic heterocycles. The highest BCUT2D eigenvalue weighted by molar-refractivity contribution is 7.84. The SMILES string of the molecule is Cc1c(N)cccc1S(=O)Cc1cn(C)nn1. The van der Waals surface area contributed by atoms with Crippen molar-refractivity contribution in [1.82, 2.24) is 15.0 Å². The Balaban J connectivity index is 2.23. The molecule has 2 aromatic rings. The average molecular weight is 250 g/mol. The molecule has 6 heteroatoms. The molecule has 0 spiro atoms. The Kier molecular flexibility index (Phi) is 3.23. The van der Waals surface area contributed by atoms with Gasteiger partial charge < -0.3 is 5.73 Å². The van der Waals surface area contributed by atoms with Crippen LogP contribution < -0.4 is 5.73 Å². The molecular weight excluding hydrogens is 236 g/mol. The van der Waals surface area contributed by atoms with Gasteiger partial charge in [0.1, 0.15) is 0 Å². The van der Waals surface area contributed by atoms with Crippen LogP contribution in [-0.2, 0) is 23.6 Å². The van der Waals surface area contributed by atoms with Crippen molar-refractivity contribution in [1.29, 1.82) is 0 Å². The third-order valence-electron chi connectivity index (χ3n) is 2.50. The van der Waals surface area contributed by atoms with Gasteiger partial charge in [-0.2, -0.15) is 0 Å². The summed E-state index contributed by atoms with van der Waals surface area (Å²) in [6.45, 7) is 1.87. The standard InChI is InChI=1S/C11H14N4OS/c1-8-10(12)4-3-5-11(8)17(16)7-9-6-15(2)14-13-9/h3-6H,7,12H2,1-2H3. The van der Waals surface area contributed by atoms with E-state index >= 15 is 0 Å². The molecule has 1 unspecified atom stereocenters. The molecule has 17 heavy (non-hydrogen) atoms. The molecule has 0 bridgehead atoms. The van der Waals surface area contributed by atoms with Gasteiger partial charge in [-0.3, -0.25) is 8.89 Å². The summed E-state index contributed by atoms with van der Waals surface area (Å²) < 4.78 is 13.8. The van der Waals surface area contributed by atoms with E-state index in [-0.39, 0.29) is 0 Å². The van der Waals surface area contributed by atoms with Crippen LogP contribution in [0, 0.1) is 6.92 Å². The first-order valence-electron chi connectivity index (χ1n) is 5.16. The quantitative estimate of drug-likeness (QED) is 0.825. The Labute approximate surface area is 102 Å². The van der Waals surface area contributed by atoms with E-state index in [2.05, 4.69) is 10.3 Å². The topological polar surface area (TPSA) is 73.8 Å². The predicted octanol–water partition coefficient (Wildman–Crippen LogP) is 1.01. The Bertz CT molecular complexity index is 564. The summed E-state index contributed by atoms with van der Waals surface area (Å²) >= 11 is 0. The van der Waals surface area contributed by atoms with Crippen LogP contribution in [0.1, 0.15) is 11.3 Å². The predicted molar refractivity (Wildman–Crippen MR) is 66.7 cm³/mol. The maximum atomic E-state index is 12.2. The first-order valence-corrected chi connectivity index (χ1v) is 6.48. The van der Waals surface area contributed by atoms with Crippen molar-refractivity contribution >= 4 is 16.5 Å². The van der Waals surface area contributed by atoms with E-state index in [1.165, 1.54) is 0 Å². The second kappa shape index (κ2) is 4.67. The van der Waals surface area contributed by atoms with Gasteiger partial charge >= 0.3 is 0 Å². The molecule has 1 aromatic carbocycles. The number of hydrogen-bond acceptors (Lipinski definition) is 4. The third kappa shape index (κ3) is 2.52. The van der Waals surface area contributed by atoms with Crippen LogP contribution in [-0.4, -0.2) is 19.2 Å². The van der Waals surface area contributed by atoms with Crippen molar-refractivity contribution in [3.8, 4) is 0 Å². The largest absolute Gasteiger partial charge is 0.398 e. The summed E-state index contributed by atoms with van der Waals surface area (Å²) in [6, 6.07) is 5.45. The number of anilines is 1. The molecule has 2 rings (SSSR count). The number of aromatic nitrogens is 3. The first kappa shape index (κ1) is 11.8. The van der Waals surface area contributed by atoms with Gasteiger partial charge in [0.25, 0.3) is 0 Å². The monoisotopic (exact) mass is 250 g/mol. The molecule has 1 heterocycles. The number of nitrogens with zero attached hydrogens (tertiary/aromatic N) is 3. The molecule has 5 nitrogen and oxygen atoms in total. The Morgan fingerprint density at radius 2 is 2.24 bits per heavy atom. The van der Waals surface area contributed by atoms with Crippen LogP contribution in [0.3, 0.4) is 0 Å². The molecule has 0 aliphatic rings. The molecule has 0 saturated carbocycles. The lowest BCUT2D eigenvalue weighted by atomic mass is 10.2. The Hall–Kier alpha value is -1.69. The lowest BCUT2D eigenvalue weighted by molar-refractivity contribution is 0.681. The van der Waals surface area contributed by atoms with Crippen LogP contribution in [0.25, 0.3) is 0 Å². The lowest BCUT2D eigenvalue weighted by Gasteiger charge is -2.06. The highest BCUT2D eigenvalue weighted by Crippen LogP contribution is 2.20. The zero-order chi connectivity index (χ0) is 12.4. The highest BCUT2D eigenvalue weighted by atomic mass is 32.2. The molecular formula is C11H14N4OS. The van der Waals surface area contributed by atoms with E-state index in [1.54, 1.807) is 24.0 Å². The normalized spacial score (nSPS) is 12.6. The van der Waals surface area contributed by atoms with Crippen molar-refractivity contribution in [3.05, 3.63) is 35.7 Å². The fourth-order valence-electron chi connectivity index (χ4n) is 1.55. The lowest BCUT2D eigenvalue weighted by Crippen LogP contribution is -2.01. The second-order valence-electron chi connectivity index (χ2n) is 3.84. The number of nitrogens with two attached hydrogens (primary N) is 1. The molecule has 90 valence electrons. The van der Waals surface area contributed by atoms with Crippen molar-refractivity contribution < 1.29 is 4.21 Å². The van der Waals surface area contributed by atoms with Crippen LogP contribution in [0.5, 0.6) is 0 Å². The van der Waals surface area contributed by atoms with Gasteiger partial charge in [-0.1, -0.05) is 11.3 Å². The summed E-state index contributed by atoms with van der Waals surface area (Å²) in [6.07, 6.45) is 1.76. The van der Waals surface area contributed by atoms with E-state index in [1.807, 2.05) is 19.1 Å². The molecule has 0 radical (unpaired) electrons. The Morgan fingerprint density at radius 3 is 2.88 bits per heavy atom. The van der Waals surface area contributed by atoms with E-state index in [9.17, 15) is 4.21 Å².